The van der Waals surface area contributed by atoms with E-state index >= 15 is 0 Å². The molecule has 0 unspecified atom stereocenters. The lowest BCUT2D eigenvalue weighted by atomic mass is 10.1. The second-order valence-corrected chi connectivity index (χ2v) is 8.94. The van der Waals surface area contributed by atoms with Gasteiger partial charge in [0.2, 0.25) is 5.95 Å². The number of aromatic nitrogens is 2. The highest BCUT2D eigenvalue weighted by Gasteiger charge is 2.23. The van der Waals surface area contributed by atoms with Crippen molar-refractivity contribution in [2.75, 3.05) is 49.6 Å². The first kappa shape index (κ1) is 21.7. The van der Waals surface area contributed by atoms with E-state index in [9.17, 15) is 0 Å². The van der Waals surface area contributed by atoms with Crippen molar-refractivity contribution in [3.63, 3.8) is 0 Å². The Morgan fingerprint density at radius 2 is 1.55 bits per heavy atom. The molecule has 0 bridgehead atoms. The van der Waals surface area contributed by atoms with Gasteiger partial charge in [0.1, 0.15) is 5.75 Å². The molecule has 3 aromatic rings. The molecular weight excluding hydrogens is 410 g/mol. The smallest absolute Gasteiger partial charge is 0.225 e. The Kier molecular flexibility index (Phi) is 6.44. The number of hydrogen-bond donors (Lipinski definition) is 0. The van der Waals surface area contributed by atoms with Crippen LogP contribution in [-0.4, -0.2) is 54.7 Å². The van der Waals surface area contributed by atoms with E-state index in [0.717, 1.165) is 70.4 Å². The van der Waals surface area contributed by atoms with E-state index in [1.807, 2.05) is 12.1 Å². The quantitative estimate of drug-likeness (QED) is 0.575. The zero-order chi connectivity index (χ0) is 22.6. The highest BCUT2D eigenvalue weighted by molar-refractivity contribution is 5.51. The zero-order valence-corrected chi connectivity index (χ0v) is 19.7. The molecular formula is C27H33N5O. The van der Waals surface area contributed by atoms with E-state index in [4.69, 9.17) is 14.7 Å². The van der Waals surface area contributed by atoms with Gasteiger partial charge in [-0.05, 0) is 41.8 Å². The summed E-state index contributed by atoms with van der Waals surface area (Å²) in [6.45, 7) is 8.97. The van der Waals surface area contributed by atoms with E-state index < -0.39 is 0 Å². The zero-order valence-electron chi connectivity index (χ0n) is 19.7. The molecule has 2 aliphatic rings. The minimum Gasteiger partial charge on any atom is -0.497 e. The molecule has 0 saturated carbocycles. The number of aryl methyl sites for hydroxylation is 1. The summed E-state index contributed by atoms with van der Waals surface area (Å²) in [5.41, 5.74) is 6.50. The predicted octanol–water partition coefficient (Wildman–Crippen LogP) is 3.93. The van der Waals surface area contributed by atoms with Gasteiger partial charge in [0.25, 0.3) is 0 Å². The molecule has 2 aliphatic heterocycles. The van der Waals surface area contributed by atoms with Crippen molar-refractivity contribution >= 4 is 11.6 Å². The number of anilines is 2. The summed E-state index contributed by atoms with van der Waals surface area (Å²) < 4.78 is 5.28. The van der Waals surface area contributed by atoms with Crippen molar-refractivity contribution in [3.05, 3.63) is 77.1 Å². The van der Waals surface area contributed by atoms with E-state index in [1.54, 1.807) is 7.11 Å². The van der Waals surface area contributed by atoms with Gasteiger partial charge in [-0.3, -0.25) is 4.90 Å². The molecule has 2 aromatic carbocycles. The minimum atomic E-state index is 0.881. The average molecular weight is 444 g/mol. The Hall–Kier alpha value is -3.12. The molecule has 1 fully saturated rings. The fourth-order valence-corrected chi connectivity index (χ4v) is 4.75. The van der Waals surface area contributed by atoms with Crippen LogP contribution < -0.4 is 14.5 Å². The maximum Gasteiger partial charge on any atom is 0.225 e. The Bertz CT molecular complexity index is 1060. The molecule has 0 aliphatic carbocycles. The second kappa shape index (κ2) is 9.79. The third-order valence-electron chi connectivity index (χ3n) is 6.84. The van der Waals surface area contributed by atoms with Crippen molar-refractivity contribution in [3.8, 4) is 5.75 Å². The van der Waals surface area contributed by atoms with Crippen molar-refractivity contribution in [1.82, 2.24) is 14.9 Å². The number of piperazine rings is 1. The summed E-state index contributed by atoms with van der Waals surface area (Å²) in [7, 11) is 1.70. The van der Waals surface area contributed by atoms with Crippen LogP contribution in [-0.2, 0) is 25.9 Å². The lowest BCUT2D eigenvalue weighted by Crippen LogP contribution is -2.47. The van der Waals surface area contributed by atoms with E-state index in [-0.39, 0.29) is 0 Å². The van der Waals surface area contributed by atoms with E-state index in [1.165, 1.54) is 28.1 Å². The number of nitrogens with zero attached hydrogens (tertiary/aromatic N) is 5. The number of benzene rings is 2. The van der Waals surface area contributed by atoms with Crippen molar-refractivity contribution < 1.29 is 4.74 Å². The second-order valence-electron chi connectivity index (χ2n) is 8.94. The fraction of sp³-hybridized carbons (Fsp3) is 0.407. The molecule has 172 valence electrons. The molecule has 0 spiro atoms. The third kappa shape index (κ3) is 4.96. The minimum absolute atomic E-state index is 0.881. The van der Waals surface area contributed by atoms with Crippen LogP contribution in [0.15, 0.2) is 54.7 Å². The number of ether oxygens (including phenoxy) is 1. The first-order valence-corrected chi connectivity index (χ1v) is 12.0. The highest BCUT2D eigenvalue weighted by atomic mass is 16.5. The van der Waals surface area contributed by atoms with Gasteiger partial charge in [-0.1, -0.05) is 31.2 Å². The topological polar surface area (TPSA) is 44.7 Å². The third-order valence-corrected chi connectivity index (χ3v) is 6.84. The molecule has 0 radical (unpaired) electrons. The summed E-state index contributed by atoms with van der Waals surface area (Å²) in [5.74, 6) is 1.78. The van der Waals surface area contributed by atoms with Crippen LogP contribution in [0, 0.1) is 0 Å². The van der Waals surface area contributed by atoms with Crippen molar-refractivity contribution in [2.24, 2.45) is 0 Å². The van der Waals surface area contributed by atoms with Gasteiger partial charge < -0.3 is 14.5 Å². The Balaban J connectivity index is 1.18. The first-order chi connectivity index (χ1) is 16.2. The molecule has 0 atom stereocenters. The molecule has 1 aromatic heterocycles. The molecule has 3 heterocycles. The summed E-state index contributed by atoms with van der Waals surface area (Å²) in [6, 6.07) is 17.3. The molecule has 33 heavy (non-hydrogen) atoms. The Labute approximate surface area is 196 Å². The Morgan fingerprint density at radius 3 is 2.24 bits per heavy atom. The highest BCUT2D eigenvalue weighted by Crippen LogP contribution is 2.24. The van der Waals surface area contributed by atoms with E-state index in [2.05, 4.69) is 64.2 Å². The Morgan fingerprint density at radius 1 is 0.848 bits per heavy atom. The summed E-state index contributed by atoms with van der Waals surface area (Å²) in [5, 5.41) is 0. The number of hydrogen-bond acceptors (Lipinski definition) is 6. The average Bonchev–Trinajstić information content (AvgIpc) is 2.89. The fourth-order valence-electron chi connectivity index (χ4n) is 4.75. The van der Waals surface area contributed by atoms with Crippen LogP contribution >= 0.6 is 0 Å². The summed E-state index contributed by atoms with van der Waals surface area (Å²) in [6.07, 6.45) is 4.14. The van der Waals surface area contributed by atoms with Crippen molar-refractivity contribution in [1.29, 1.82) is 0 Å². The lowest BCUT2D eigenvalue weighted by Gasteiger charge is -2.36. The maximum atomic E-state index is 5.28. The van der Waals surface area contributed by atoms with Gasteiger partial charge in [0.05, 0.1) is 12.8 Å². The van der Waals surface area contributed by atoms with Crippen LogP contribution in [0.25, 0.3) is 0 Å². The molecule has 6 nitrogen and oxygen atoms in total. The normalized spacial score (nSPS) is 16.5. The maximum absolute atomic E-state index is 5.28. The number of fused-ring (bicyclic) bond motifs is 1. The van der Waals surface area contributed by atoms with Gasteiger partial charge >= 0.3 is 0 Å². The van der Waals surface area contributed by atoms with Crippen LogP contribution in [0.5, 0.6) is 5.75 Å². The van der Waals surface area contributed by atoms with Gasteiger partial charge in [-0.25, -0.2) is 9.97 Å². The lowest BCUT2D eigenvalue weighted by molar-refractivity contribution is 0.243. The summed E-state index contributed by atoms with van der Waals surface area (Å²) >= 11 is 0. The van der Waals surface area contributed by atoms with Gasteiger partial charge in [-0.15, -0.1) is 0 Å². The number of rotatable bonds is 6. The van der Waals surface area contributed by atoms with Gasteiger partial charge in [0, 0.05) is 69.7 Å². The monoisotopic (exact) mass is 443 g/mol. The molecule has 0 amide bonds. The van der Waals surface area contributed by atoms with Crippen LogP contribution in [0.2, 0.25) is 0 Å². The standard InChI is InChI=1S/C27H33N5O/c1-3-21-4-6-22(7-5-21)19-30-13-12-26-23(20-30)18-28-27(29-26)32-16-14-31(15-17-32)24-8-10-25(33-2)11-9-24/h4-11,18H,3,12-17,19-20H2,1-2H3. The van der Waals surface area contributed by atoms with Crippen LogP contribution in [0.4, 0.5) is 11.6 Å². The van der Waals surface area contributed by atoms with Gasteiger partial charge in [-0.2, -0.15) is 0 Å². The van der Waals surface area contributed by atoms with Crippen LogP contribution in [0.1, 0.15) is 29.3 Å². The van der Waals surface area contributed by atoms with E-state index in [0.29, 0.717) is 0 Å². The molecule has 6 heteroatoms. The predicted molar refractivity (Wildman–Crippen MR) is 133 cm³/mol. The molecule has 0 N–H and O–H groups in total. The SMILES string of the molecule is CCc1ccc(CN2CCc3nc(N4CCN(c5ccc(OC)cc5)CC4)ncc3C2)cc1. The van der Waals surface area contributed by atoms with Gasteiger partial charge in [0.15, 0.2) is 0 Å². The van der Waals surface area contributed by atoms with Crippen molar-refractivity contribution in [2.45, 2.75) is 32.9 Å². The first-order valence-electron chi connectivity index (χ1n) is 12.0. The molecule has 5 rings (SSSR count). The number of methoxy groups -OCH3 is 1. The largest absolute Gasteiger partial charge is 0.497 e. The summed E-state index contributed by atoms with van der Waals surface area (Å²) in [4.78, 5) is 17.0. The molecule has 1 saturated heterocycles. The van der Waals surface area contributed by atoms with Crippen LogP contribution in [0.3, 0.4) is 0 Å².